The molecule has 0 unspecified atom stereocenters. The minimum absolute atomic E-state index is 0.0419. The van der Waals surface area contributed by atoms with Gasteiger partial charge in [-0.3, -0.25) is 15.2 Å². The van der Waals surface area contributed by atoms with E-state index in [2.05, 4.69) is 25.8 Å². The summed E-state index contributed by atoms with van der Waals surface area (Å²) in [5.74, 6) is 1.95. The van der Waals surface area contributed by atoms with E-state index in [1.165, 1.54) is 0 Å². The van der Waals surface area contributed by atoms with Crippen LogP contribution in [0.5, 0.6) is 5.75 Å². The lowest BCUT2D eigenvalue weighted by Gasteiger charge is -2.10. The molecule has 0 aliphatic carbocycles. The predicted molar refractivity (Wildman–Crippen MR) is 132 cm³/mol. The highest BCUT2D eigenvalue weighted by Gasteiger charge is 2.17. The molecule has 5 rings (SSSR count). The molecule has 170 valence electrons. The molecule has 3 aromatic carbocycles. The number of benzene rings is 3. The summed E-state index contributed by atoms with van der Waals surface area (Å²) >= 11 is 0. The fraction of sp³-hybridized carbons (Fsp3) is 0.154. The van der Waals surface area contributed by atoms with Gasteiger partial charge in [0.05, 0.1) is 28.4 Å². The largest absolute Gasteiger partial charge is 0.484 e. The number of amides is 1. The molecule has 8 nitrogen and oxygen atoms in total. The highest BCUT2D eigenvalue weighted by Crippen LogP contribution is 2.27. The summed E-state index contributed by atoms with van der Waals surface area (Å²) in [6.45, 7) is 3.79. The van der Waals surface area contributed by atoms with Crippen LogP contribution in [0.4, 0.5) is 11.5 Å². The number of rotatable bonds is 7. The molecule has 0 atom stereocenters. The molecule has 4 N–H and O–H groups in total. The van der Waals surface area contributed by atoms with Gasteiger partial charge in [0.25, 0.3) is 11.7 Å². The zero-order valence-corrected chi connectivity index (χ0v) is 18.9. The summed E-state index contributed by atoms with van der Waals surface area (Å²) < 4.78 is 5.70. The van der Waals surface area contributed by atoms with Crippen LogP contribution in [0.3, 0.4) is 0 Å². The van der Waals surface area contributed by atoms with Gasteiger partial charge in [0, 0.05) is 11.4 Å². The van der Waals surface area contributed by atoms with Crippen LogP contribution >= 0.6 is 0 Å². The minimum Gasteiger partial charge on any atom is -0.484 e. The van der Waals surface area contributed by atoms with Gasteiger partial charge in [-0.1, -0.05) is 18.2 Å². The molecule has 0 radical (unpaired) electrons. The average molecular weight is 454 g/mol. The van der Waals surface area contributed by atoms with Crippen LogP contribution in [-0.4, -0.2) is 33.7 Å². The van der Waals surface area contributed by atoms with Crippen molar-refractivity contribution in [3.05, 3.63) is 72.9 Å². The zero-order valence-electron chi connectivity index (χ0n) is 18.9. The second-order valence-electron chi connectivity index (χ2n) is 8.31. The third-order valence-electron chi connectivity index (χ3n) is 5.29. The maximum Gasteiger partial charge on any atom is 0.268 e. The Hall–Kier alpha value is -4.46. The number of carbonyl (C=O) groups is 1. The van der Waals surface area contributed by atoms with Crippen molar-refractivity contribution in [1.29, 1.82) is 0 Å². The highest BCUT2D eigenvalue weighted by molar-refractivity contribution is 5.91. The Morgan fingerprint density at radius 2 is 1.97 bits per heavy atom. The van der Waals surface area contributed by atoms with Crippen molar-refractivity contribution >= 4 is 39.2 Å². The van der Waals surface area contributed by atoms with Crippen LogP contribution in [0.25, 0.3) is 33.2 Å². The van der Waals surface area contributed by atoms with Crippen LogP contribution < -0.4 is 20.4 Å². The lowest BCUT2D eigenvalue weighted by atomic mass is 10.1. The molecule has 0 bridgehead atoms. The van der Waals surface area contributed by atoms with Crippen LogP contribution in [-0.2, 0) is 4.79 Å². The van der Waals surface area contributed by atoms with Gasteiger partial charge in [-0.2, -0.15) is 5.10 Å². The van der Waals surface area contributed by atoms with E-state index in [4.69, 9.17) is 9.72 Å². The summed E-state index contributed by atoms with van der Waals surface area (Å²) in [4.78, 5) is 20.2. The van der Waals surface area contributed by atoms with E-state index in [-0.39, 0.29) is 18.6 Å². The molecule has 0 aliphatic heterocycles. The molecule has 8 heteroatoms. The number of hydrogen-bond donors (Lipinski definition) is 3. The SMILES string of the molecule is CC(C)NC(=O)COc1cccc(-c2nc3ccccc3c(Nc3ccc4[nH]ncc4c3)[nH+]2)c1. The van der Waals surface area contributed by atoms with Crippen LogP contribution in [0.15, 0.2) is 72.9 Å². The number of hydrogen-bond acceptors (Lipinski definition) is 5. The number of anilines is 2. The molecule has 2 aromatic heterocycles. The number of nitrogens with zero attached hydrogens (tertiary/aromatic N) is 2. The number of para-hydroxylation sites is 1. The number of aromatic amines is 2. The van der Waals surface area contributed by atoms with Crippen molar-refractivity contribution in [2.45, 2.75) is 19.9 Å². The van der Waals surface area contributed by atoms with Gasteiger partial charge in [0.1, 0.15) is 5.75 Å². The Bertz CT molecular complexity index is 1480. The summed E-state index contributed by atoms with van der Waals surface area (Å²) in [5.41, 5.74) is 3.61. The zero-order chi connectivity index (χ0) is 23.5. The number of aromatic nitrogens is 4. The number of fused-ring (bicyclic) bond motifs is 2. The Morgan fingerprint density at radius 1 is 1.09 bits per heavy atom. The summed E-state index contributed by atoms with van der Waals surface area (Å²) in [7, 11) is 0. The Labute approximate surface area is 196 Å². The third-order valence-corrected chi connectivity index (χ3v) is 5.29. The number of nitrogens with one attached hydrogen (secondary N) is 4. The smallest absolute Gasteiger partial charge is 0.268 e. The first-order valence-electron chi connectivity index (χ1n) is 11.1. The van der Waals surface area contributed by atoms with Crippen molar-refractivity contribution in [2.24, 2.45) is 0 Å². The Kier molecular flexibility index (Phi) is 5.78. The molecule has 0 spiro atoms. The molecule has 0 fully saturated rings. The van der Waals surface area contributed by atoms with Gasteiger partial charge >= 0.3 is 0 Å². The maximum atomic E-state index is 11.9. The number of ether oxygens (including phenoxy) is 1. The monoisotopic (exact) mass is 453 g/mol. The quantitative estimate of drug-likeness (QED) is 0.342. The van der Waals surface area contributed by atoms with Gasteiger partial charge in [-0.05, 0) is 62.4 Å². The Morgan fingerprint density at radius 3 is 2.85 bits per heavy atom. The van der Waals surface area contributed by atoms with Crippen LogP contribution in [0.1, 0.15) is 13.8 Å². The molecule has 5 aromatic rings. The summed E-state index contributed by atoms with van der Waals surface area (Å²) in [6.07, 6.45) is 1.80. The Balaban J connectivity index is 1.46. The van der Waals surface area contributed by atoms with Crippen molar-refractivity contribution in [3.8, 4) is 17.1 Å². The second-order valence-corrected chi connectivity index (χ2v) is 8.31. The molecule has 0 aliphatic rings. The fourth-order valence-corrected chi connectivity index (χ4v) is 3.76. The standard InChI is InChI=1S/C26H24N6O2/c1-16(2)28-24(33)15-34-20-7-5-6-17(13-20)25-30-23-9-4-3-8-21(23)26(31-25)29-19-10-11-22-18(12-19)14-27-32-22/h3-14,16H,15H2,1-2H3,(H,27,32)(H,28,33)(H,29,30,31)/p+1. The van der Waals surface area contributed by atoms with Gasteiger partial charge in [-0.15, -0.1) is 4.98 Å². The minimum atomic E-state index is -0.156. The molecular formula is C26H25N6O2+. The van der Waals surface area contributed by atoms with Crippen molar-refractivity contribution in [2.75, 3.05) is 11.9 Å². The van der Waals surface area contributed by atoms with Gasteiger partial charge in [-0.25, -0.2) is 4.98 Å². The number of carbonyl (C=O) groups excluding carboxylic acids is 1. The van der Waals surface area contributed by atoms with Gasteiger partial charge in [0.2, 0.25) is 5.82 Å². The molecule has 2 heterocycles. The van der Waals surface area contributed by atoms with Crippen molar-refractivity contribution < 1.29 is 14.5 Å². The van der Waals surface area contributed by atoms with Crippen LogP contribution in [0.2, 0.25) is 0 Å². The van der Waals surface area contributed by atoms with Gasteiger partial charge < -0.3 is 10.1 Å². The van der Waals surface area contributed by atoms with Crippen LogP contribution in [0, 0.1) is 0 Å². The number of H-pyrrole nitrogens is 2. The third kappa shape index (κ3) is 4.66. The van der Waals surface area contributed by atoms with Gasteiger partial charge in [0.15, 0.2) is 12.1 Å². The molecule has 0 saturated heterocycles. The molecular weight excluding hydrogens is 428 g/mol. The normalized spacial score (nSPS) is 11.1. The molecule has 0 saturated carbocycles. The van der Waals surface area contributed by atoms with E-state index in [9.17, 15) is 4.79 Å². The van der Waals surface area contributed by atoms with E-state index >= 15 is 0 Å². The van der Waals surface area contributed by atoms with Crippen molar-refractivity contribution in [3.63, 3.8) is 0 Å². The first-order chi connectivity index (χ1) is 16.5. The average Bonchev–Trinajstić information content (AvgIpc) is 3.30. The molecule has 1 amide bonds. The van der Waals surface area contributed by atoms with E-state index in [1.54, 1.807) is 6.20 Å². The fourth-order valence-electron chi connectivity index (χ4n) is 3.76. The van der Waals surface area contributed by atoms with E-state index in [0.717, 1.165) is 38.9 Å². The maximum absolute atomic E-state index is 11.9. The second kappa shape index (κ2) is 9.19. The molecule has 34 heavy (non-hydrogen) atoms. The van der Waals surface area contributed by atoms with E-state index in [0.29, 0.717) is 11.6 Å². The van der Waals surface area contributed by atoms with Crippen molar-refractivity contribution in [1.82, 2.24) is 20.5 Å². The first kappa shape index (κ1) is 21.4. The lowest BCUT2D eigenvalue weighted by Crippen LogP contribution is -2.34. The summed E-state index contributed by atoms with van der Waals surface area (Å²) in [6, 6.07) is 21.6. The highest BCUT2D eigenvalue weighted by atomic mass is 16.5. The first-order valence-corrected chi connectivity index (χ1v) is 11.1. The topological polar surface area (TPSA) is 106 Å². The summed E-state index contributed by atoms with van der Waals surface area (Å²) in [5, 5.41) is 15.4. The van der Waals surface area contributed by atoms with E-state index < -0.39 is 0 Å². The predicted octanol–water partition coefficient (Wildman–Crippen LogP) is 4.24. The van der Waals surface area contributed by atoms with E-state index in [1.807, 2.05) is 80.6 Å². The lowest BCUT2D eigenvalue weighted by molar-refractivity contribution is -0.349.